The molecule has 0 N–H and O–H groups in total. The summed E-state index contributed by atoms with van der Waals surface area (Å²) in [6, 6.07) is 3.98. The molecule has 0 aliphatic rings. The lowest BCUT2D eigenvalue weighted by molar-refractivity contribution is 0.152. The van der Waals surface area contributed by atoms with Crippen molar-refractivity contribution < 1.29 is 14.2 Å². The van der Waals surface area contributed by atoms with Gasteiger partial charge in [-0.05, 0) is 93.5 Å². The van der Waals surface area contributed by atoms with Gasteiger partial charge in [-0.2, -0.15) is 0 Å². The molecule has 0 aliphatic carbocycles. The highest BCUT2D eigenvalue weighted by atomic mass is 79.9. The summed E-state index contributed by atoms with van der Waals surface area (Å²) in [6.45, 7) is 6.45. The van der Waals surface area contributed by atoms with Crippen LogP contribution < -0.4 is 9.47 Å². The quantitative estimate of drug-likeness (QED) is 0.271. The summed E-state index contributed by atoms with van der Waals surface area (Å²) < 4.78 is 18.3. The average Bonchev–Trinajstić information content (AvgIpc) is 2.57. The largest absolute Gasteiger partial charge is 0.493 e. The number of ether oxygens (including phenoxy) is 3. The van der Waals surface area contributed by atoms with Gasteiger partial charge in [0, 0.05) is 6.61 Å². The minimum atomic E-state index is 0.206. The SMILES string of the molecule is CCc1cc(OCC=C(Cl)Cl)cc(C)c1OCCCCOCC=C(Br)Br. The predicted molar refractivity (Wildman–Crippen MR) is 117 cm³/mol. The Morgan fingerprint density at radius 2 is 1.77 bits per heavy atom. The summed E-state index contributed by atoms with van der Waals surface area (Å²) in [5.41, 5.74) is 2.19. The van der Waals surface area contributed by atoms with Crippen molar-refractivity contribution >= 4 is 55.1 Å². The van der Waals surface area contributed by atoms with Crippen molar-refractivity contribution in [2.75, 3.05) is 26.4 Å². The molecule has 1 aromatic carbocycles. The summed E-state index contributed by atoms with van der Waals surface area (Å²) in [5.74, 6) is 1.73. The third-order valence-corrected chi connectivity index (χ3v) is 4.43. The summed E-state index contributed by atoms with van der Waals surface area (Å²) in [5, 5.41) is 0. The second kappa shape index (κ2) is 13.9. The van der Waals surface area contributed by atoms with Crippen LogP contribution in [0.4, 0.5) is 0 Å². The van der Waals surface area contributed by atoms with Gasteiger partial charge < -0.3 is 14.2 Å². The Balaban J connectivity index is 2.46. The number of aryl methyl sites for hydroxylation is 2. The molecule has 0 aromatic heterocycles. The van der Waals surface area contributed by atoms with Gasteiger partial charge in [0.1, 0.15) is 22.6 Å². The van der Waals surface area contributed by atoms with Gasteiger partial charge in [0.05, 0.1) is 16.6 Å². The van der Waals surface area contributed by atoms with E-state index in [1.807, 2.05) is 25.1 Å². The fourth-order valence-corrected chi connectivity index (χ4v) is 2.64. The summed E-state index contributed by atoms with van der Waals surface area (Å²) >= 11 is 17.8. The van der Waals surface area contributed by atoms with E-state index >= 15 is 0 Å². The molecule has 0 bridgehead atoms. The zero-order chi connectivity index (χ0) is 19.4. The van der Waals surface area contributed by atoms with Crippen LogP contribution in [0.2, 0.25) is 0 Å². The van der Waals surface area contributed by atoms with E-state index < -0.39 is 0 Å². The highest BCUT2D eigenvalue weighted by Crippen LogP contribution is 2.30. The van der Waals surface area contributed by atoms with E-state index in [9.17, 15) is 0 Å². The van der Waals surface area contributed by atoms with Crippen LogP contribution in [0, 0.1) is 6.92 Å². The lowest BCUT2D eigenvalue weighted by Crippen LogP contribution is -2.05. The second-order valence-electron chi connectivity index (χ2n) is 5.51. The van der Waals surface area contributed by atoms with Gasteiger partial charge in [0.15, 0.2) is 0 Å². The number of hydrogen-bond acceptors (Lipinski definition) is 3. The Labute approximate surface area is 182 Å². The van der Waals surface area contributed by atoms with Crippen molar-refractivity contribution in [1.29, 1.82) is 0 Å². The van der Waals surface area contributed by atoms with Crippen LogP contribution in [0.5, 0.6) is 11.5 Å². The van der Waals surface area contributed by atoms with Crippen molar-refractivity contribution in [1.82, 2.24) is 0 Å². The molecule has 0 atom stereocenters. The Morgan fingerprint density at radius 1 is 1.04 bits per heavy atom. The summed E-state index contributed by atoms with van der Waals surface area (Å²) in [6.07, 6.45) is 6.31. The molecule has 0 aliphatic heterocycles. The van der Waals surface area contributed by atoms with Gasteiger partial charge in [0.2, 0.25) is 0 Å². The van der Waals surface area contributed by atoms with E-state index in [0.29, 0.717) is 19.8 Å². The van der Waals surface area contributed by atoms with Crippen LogP contribution in [0.1, 0.15) is 30.9 Å². The molecule has 0 saturated carbocycles. The van der Waals surface area contributed by atoms with Crippen molar-refractivity contribution in [2.45, 2.75) is 33.1 Å². The fraction of sp³-hybridized carbons (Fsp3) is 0.474. The number of rotatable bonds is 12. The molecule has 146 valence electrons. The van der Waals surface area contributed by atoms with E-state index in [1.54, 1.807) is 6.08 Å². The highest BCUT2D eigenvalue weighted by molar-refractivity contribution is 9.28. The molecule has 0 saturated heterocycles. The first-order valence-electron chi connectivity index (χ1n) is 8.43. The van der Waals surface area contributed by atoms with E-state index in [-0.39, 0.29) is 4.49 Å². The molecular weight excluding hydrogens is 507 g/mol. The minimum Gasteiger partial charge on any atom is -0.493 e. The Hall–Kier alpha value is -0.200. The van der Waals surface area contributed by atoms with E-state index in [0.717, 1.165) is 51.9 Å². The lowest BCUT2D eigenvalue weighted by Gasteiger charge is -2.15. The monoisotopic (exact) mass is 528 g/mol. The van der Waals surface area contributed by atoms with Gasteiger partial charge in [-0.1, -0.05) is 30.1 Å². The lowest BCUT2D eigenvalue weighted by atomic mass is 10.1. The average molecular weight is 531 g/mol. The van der Waals surface area contributed by atoms with E-state index in [4.69, 9.17) is 37.4 Å². The number of benzene rings is 1. The molecule has 0 fully saturated rings. The first-order valence-corrected chi connectivity index (χ1v) is 10.8. The minimum absolute atomic E-state index is 0.206. The van der Waals surface area contributed by atoms with Crippen LogP contribution in [-0.4, -0.2) is 26.4 Å². The van der Waals surface area contributed by atoms with Crippen LogP contribution in [0.25, 0.3) is 0 Å². The Morgan fingerprint density at radius 3 is 2.42 bits per heavy atom. The van der Waals surface area contributed by atoms with E-state index in [2.05, 4.69) is 38.8 Å². The third-order valence-electron chi connectivity index (χ3n) is 3.48. The number of hydrogen-bond donors (Lipinski definition) is 0. The first-order chi connectivity index (χ1) is 12.4. The predicted octanol–water partition coefficient (Wildman–Crippen LogP) is 7.06. The standard InChI is InChI=1S/C19H24Br2Cl2O3/c1-3-15-13-16(25-11-7-18(22)23)12-14(2)19(15)26-9-5-4-8-24-10-6-17(20)21/h6-7,12-13H,3-5,8-11H2,1-2H3. The molecular formula is C19H24Br2Cl2O3. The molecule has 1 aromatic rings. The van der Waals surface area contributed by atoms with Crippen molar-refractivity contribution in [2.24, 2.45) is 0 Å². The van der Waals surface area contributed by atoms with Crippen LogP contribution in [0.3, 0.4) is 0 Å². The second-order valence-corrected chi connectivity index (χ2v) is 9.29. The van der Waals surface area contributed by atoms with Gasteiger partial charge in [0.25, 0.3) is 0 Å². The molecule has 0 radical (unpaired) electrons. The molecule has 1 rings (SSSR count). The highest BCUT2D eigenvalue weighted by Gasteiger charge is 2.09. The molecule has 7 heteroatoms. The topological polar surface area (TPSA) is 27.7 Å². The van der Waals surface area contributed by atoms with Crippen LogP contribution in [-0.2, 0) is 11.2 Å². The van der Waals surface area contributed by atoms with Crippen LogP contribution in [0.15, 0.2) is 32.2 Å². The zero-order valence-electron chi connectivity index (χ0n) is 15.0. The van der Waals surface area contributed by atoms with Gasteiger partial charge >= 0.3 is 0 Å². The smallest absolute Gasteiger partial charge is 0.125 e. The van der Waals surface area contributed by atoms with Gasteiger partial charge in [-0.25, -0.2) is 0 Å². The first kappa shape index (κ1) is 23.8. The molecule has 0 spiro atoms. The zero-order valence-corrected chi connectivity index (χ0v) is 19.7. The van der Waals surface area contributed by atoms with Crippen molar-refractivity contribution in [3.8, 4) is 11.5 Å². The van der Waals surface area contributed by atoms with Crippen molar-refractivity contribution in [3.63, 3.8) is 0 Å². The van der Waals surface area contributed by atoms with Crippen LogP contribution >= 0.6 is 55.1 Å². The third kappa shape index (κ3) is 10.2. The maximum absolute atomic E-state index is 6.01. The van der Waals surface area contributed by atoms with Crippen molar-refractivity contribution in [3.05, 3.63) is 43.3 Å². The summed E-state index contributed by atoms with van der Waals surface area (Å²) in [7, 11) is 0. The normalized spacial score (nSPS) is 10.4. The summed E-state index contributed by atoms with van der Waals surface area (Å²) in [4.78, 5) is 0. The number of unbranched alkanes of at least 4 members (excludes halogenated alkanes) is 1. The molecule has 3 nitrogen and oxygen atoms in total. The maximum atomic E-state index is 6.01. The maximum Gasteiger partial charge on any atom is 0.125 e. The van der Waals surface area contributed by atoms with Gasteiger partial charge in [-0.3, -0.25) is 0 Å². The Bertz CT molecular complexity index is 611. The number of halogens is 4. The molecule has 0 amide bonds. The Kier molecular flexibility index (Phi) is 12.7. The van der Waals surface area contributed by atoms with E-state index in [1.165, 1.54) is 0 Å². The van der Waals surface area contributed by atoms with Gasteiger partial charge in [-0.15, -0.1) is 0 Å². The molecule has 26 heavy (non-hydrogen) atoms. The fourth-order valence-electron chi connectivity index (χ4n) is 2.25. The molecule has 0 unspecified atom stereocenters. The molecule has 0 heterocycles.